The number of aryl methyl sites for hydroxylation is 1. The molecule has 0 aliphatic heterocycles. The molecule has 0 saturated heterocycles. The SMILES string of the molecule is O=C(NCCCc1nc2ccccc2[nH]1)C1C2CC3CC(C2)CC1C3. The van der Waals surface area contributed by atoms with Crippen LogP contribution in [-0.4, -0.2) is 22.4 Å². The molecule has 4 heteroatoms. The van der Waals surface area contributed by atoms with Crippen LogP contribution in [0.3, 0.4) is 0 Å². The van der Waals surface area contributed by atoms with Crippen molar-refractivity contribution in [3.05, 3.63) is 30.1 Å². The molecular weight excluding hydrogens is 310 g/mol. The van der Waals surface area contributed by atoms with Crippen LogP contribution in [0.5, 0.6) is 0 Å². The van der Waals surface area contributed by atoms with Crippen molar-refractivity contribution in [3.63, 3.8) is 0 Å². The van der Waals surface area contributed by atoms with Crippen molar-refractivity contribution in [3.8, 4) is 0 Å². The van der Waals surface area contributed by atoms with E-state index in [4.69, 9.17) is 0 Å². The summed E-state index contributed by atoms with van der Waals surface area (Å²) >= 11 is 0. The van der Waals surface area contributed by atoms with Gasteiger partial charge in [-0.25, -0.2) is 4.98 Å². The number of fused-ring (bicyclic) bond motifs is 1. The fraction of sp³-hybridized carbons (Fsp3) is 0.619. The second kappa shape index (κ2) is 6.15. The van der Waals surface area contributed by atoms with Gasteiger partial charge < -0.3 is 10.3 Å². The van der Waals surface area contributed by atoms with Crippen molar-refractivity contribution in [2.75, 3.05) is 6.54 Å². The van der Waals surface area contributed by atoms with Gasteiger partial charge >= 0.3 is 0 Å². The van der Waals surface area contributed by atoms with Gasteiger partial charge in [-0.3, -0.25) is 4.79 Å². The van der Waals surface area contributed by atoms with E-state index in [1.165, 1.54) is 32.1 Å². The highest BCUT2D eigenvalue weighted by atomic mass is 16.1. The molecule has 4 saturated carbocycles. The normalized spacial score (nSPS) is 33.0. The molecule has 0 atom stereocenters. The molecule has 1 heterocycles. The monoisotopic (exact) mass is 337 g/mol. The maximum atomic E-state index is 12.8. The third kappa shape index (κ3) is 2.86. The number of hydrogen-bond acceptors (Lipinski definition) is 2. The van der Waals surface area contributed by atoms with Gasteiger partial charge in [-0.1, -0.05) is 12.1 Å². The largest absolute Gasteiger partial charge is 0.356 e. The van der Waals surface area contributed by atoms with Crippen LogP contribution in [0.2, 0.25) is 0 Å². The molecule has 4 nitrogen and oxygen atoms in total. The highest BCUT2D eigenvalue weighted by molar-refractivity contribution is 5.79. The van der Waals surface area contributed by atoms with E-state index < -0.39 is 0 Å². The average molecular weight is 337 g/mol. The number of para-hydroxylation sites is 2. The Morgan fingerprint density at radius 3 is 2.52 bits per heavy atom. The third-order valence-corrected chi connectivity index (χ3v) is 6.86. The lowest BCUT2D eigenvalue weighted by molar-refractivity contribution is -0.138. The number of H-pyrrole nitrogens is 1. The summed E-state index contributed by atoms with van der Waals surface area (Å²) in [5.74, 6) is 4.86. The van der Waals surface area contributed by atoms with Crippen molar-refractivity contribution in [2.24, 2.45) is 29.6 Å². The minimum Gasteiger partial charge on any atom is -0.356 e. The van der Waals surface area contributed by atoms with Crippen molar-refractivity contribution < 1.29 is 4.79 Å². The first-order chi connectivity index (χ1) is 12.3. The summed E-state index contributed by atoms with van der Waals surface area (Å²) in [6.07, 6.45) is 8.51. The first kappa shape index (κ1) is 15.4. The summed E-state index contributed by atoms with van der Waals surface area (Å²) in [7, 11) is 0. The fourth-order valence-corrected chi connectivity index (χ4v) is 6.06. The summed E-state index contributed by atoms with van der Waals surface area (Å²) in [4.78, 5) is 20.7. The number of imidazole rings is 1. The summed E-state index contributed by atoms with van der Waals surface area (Å²) in [6.45, 7) is 0.763. The summed E-state index contributed by atoms with van der Waals surface area (Å²) in [5.41, 5.74) is 2.12. The number of aromatic nitrogens is 2. The zero-order chi connectivity index (χ0) is 16.8. The van der Waals surface area contributed by atoms with Crippen LogP contribution in [-0.2, 0) is 11.2 Å². The van der Waals surface area contributed by atoms with Gasteiger partial charge in [0.25, 0.3) is 0 Å². The molecule has 1 aromatic heterocycles. The fourth-order valence-electron chi connectivity index (χ4n) is 6.06. The Kier molecular flexibility index (Phi) is 3.79. The Labute approximate surface area is 148 Å². The number of nitrogens with zero attached hydrogens (tertiary/aromatic N) is 1. The van der Waals surface area contributed by atoms with Crippen LogP contribution in [0.4, 0.5) is 0 Å². The topological polar surface area (TPSA) is 57.8 Å². The molecule has 4 aliphatic carbocycles. The van der Waals surface area contributed by atoms with Gasteiger partial charge in [0.2, 0.25) is 5.91 Å². The number of carbonyl (C=O) groups excluding carboxylic acids is 1. The van der Waals surface area contributed by atoms with Crippen LogP contribution in [0.1, 0.15) is 44.3 Å². The van der Waals surface area contributed by atoms with E-state index in [0.29, 0.717) is 23.7 Å². The average Bonchev–Trinajstić information content (AvgIpc) is 3.00. The highest BCUT2D eigenvalue weighted by Gasteiger charge is 2.50. The third-order valence-electron chi connectivity index (χ3n) is 6.86. The number of aromatic amines is 1. The number of carbonyl (C=O) groups is 1. The van der Waals surface area contributed by atoms with Crippen LogP contribution >= 0.6 is 0 Å². The standard InChI is InChI=1S/C21H27N3O/c25-21(20-15-9-13-8-14(11-15)12-16(20)10-13)22-7-3-6-19-23-17-4-1-2-5-18(17)24-19/h1-2,4-5,13-16,20H,3,6-12H2,(H,22,25)(H,23,24). The smallest absolute Gasteiger partial charge is 0.223 e. The Morgan fingerprint density at radius 1 is 1.08 bits per heavy atom. The van der Waals surface area contributed by atoms with Crippen molar-refractivity contribution >= 4 is 16.9 Å². The molecule has 4 aliphatic rings. The van der Waals surface area contributed by atoms with E-state index in [-0.39, 0.29) is 0 Å². The Morgan fingerprint density at radius 2 is 1.80 bits per heavy atom. The number of nitrogens with one attached hydrogen (secondary N) is 2. The van der Waals surface area contributed by atoms with Gasteiger partial charge in [-0.05, 0) is 74.3 Å². The first-order valence-electron chi connectivity index (χ1n) is 9.97. The van der Waals surface area contributed by atoms with Gasteiger partial charge in [0.05, 0.1) is 11.0 Å². The molecule has 132 valence electrons. The van der Waals surface area contributed by atoms with Crippen molar-refractivity contribution in [1.29, 1.82) is 0 Å². The van der Waals surface area contributed by atoms with Gasteiger partial charge in [0, 0.05) is 18.9 Å². The molecule has 0 spiro atoms. The first-order valence-corrected chi connectivity index (χ1v) is 9.97. The van der Waals surface area contributed by atoms with Crippen LogP contribution < -0.4 is 5.32 Å². The number of hydrogen-bond donors (Lipinski definition) is 2. The predicted molar refractivity (Wildman–Crippen MR) is 98.0 cm³/mol. The van der Waals surface area contributed by atoms with Crippen LogP contribution in [0.15, 0.2) is 24.3 Å². The molecule has 1 aromatic carbocycles. The van der Waals surface area contributed by atoms with Crippen molar-refractivity contribution in [1.82, 2.24) is 15.3 Å². The molecule has 2 N–H and O–H groups in total. The second-order valence-corrected chi connectivity index (χ2v) is 8.55. The quantitative estimate of drug-likeness (QED) is 0.818. The second-order valence-electron chi connectivity index (χ2n) is 8.55. The van der Waals surface area contributed by atoms with E-state index in [9.17, 15) is 4.79 Å². The molecule has 4 fully saturated rings. The Hall–Kier alpha value is -1.84. The number of rotatable bonds is 5. The molecule has 6 rings (SSSR count). The Balaban J connectivity index is 1.13. The molecular formula is C21H27N3O. The van der Waals surface area contributed by atoms with Gasteiger partial charge in [-0.2, -0.15) is 0 Å². The predicted octanol–water partition coefficient (Wildman–Crippen LogP) is 3.68. The van der Waals surface area contributed by atoms with E-state index in [1.807, 2.05) is 18.2 Å². The van der Waals surface area contributed by atoms with E-state index >= 15 is 0 Å². The molecule has 25 heavy (non-hydrogen) atoms. The van der Waals surface area contributed by atoms with Gasteiger partial charge in [-0.15, -0.1) is 0 Å². The van der Waals surface area contributed by atoms with Gasteiger partial charge in [0.1, 0.15) is 5.82 Å². The molecule has 1 amide bonds. The maximum Gasteiger partial charge on any atom is 0.223 e. The van der Waals surface area contributed by atoms with Crippen LogP contribution in [0.25, 0.3) is 11.0 Å². The molecule has 4 bridgehead atoms. The summed E-state index contributed by atoms with van der Waals surface area (Å²) < 4.78 is 0. The molecule has 2 aromatic rings. The maximum absolute atomic E-state index is 12.8. The minimum absolute atomic E-state index is 0.305. The summed E-state index contributed by atoms with van der Waals surface area (Å²) in [5, 5.41) is 3.23. The minimum atomic E-state index is 0.305. The molecule has 0 radical (unpaired) electrons. The lowest BCUT2D eigenvalue weighted by Gasteiger charge is -2.53. The lowest BCUT2D eigenvalue weighted by atomic mass is 9.51. The lowest BCUT2D eigenvalue weighted by Crippen LogP contribution is -2.51. The van der Waals surface area contributed by atoms with Crippen molar-refractivity contribution in [2.45, 2.75) is 44.9 Å². The number of amides is 1. The molecule has 0 unspecified atom stereocenters. The van der Waals surface area contributed by atoms with E-state index in [1.54, 1.807) is 0 Å². The van der Waals surface area contributed by atoms with Gasteiger partial charge in [0.15, 0.2) is 0 Å². The Bertz CT molecular complexity index is 719. The zero-order valence-electron chi connectivity index (χ0n) is 14.7. The number of benzene rings is 1. The zero-order valence-corrected chi connectivity index (χ0v) is 14.7. The van der Waals surface area contributed by atoms with E-state index in [2.05, 4.69) is 21.4 Å². The highest BCUT2D eigenvalue weighted by Crippen LogP contribution is 2.56. The summed E-state index contributed by atoms with van der Waals surface area (Å²) in [6, 6.07) is 8.12. The van der Waals surface area contributed by atoms with Crippen LogP contribution in [0, 0.1) is 29.6 Å². The van der Waals surface area contributed by atoms with E-state index in [0.717, 1.165) is 48.1 Å².